The molecule has 0 aliphatic carbocycles. The Kier molecular flexibility index (Phi) is 39.3. The number of hydrogen-bond donors (Lipinski definition) is 22. The minimum atomic E-state index is -2.02. The smallest absolute Gasteiger partial charge is 0.272 e. The van der Waals surface area contributed by atoms with Crippen molar-refractivity contribution >= 4 is 140 Å². The van der Waals surface area contributed by atoms with E-state index in [9.17, 15) is 63.3 Å². The number of likely N-dealkylation sites (N-methyl/N-ethyl adjacent to an activating group) is 3. The fourth-order valence-electron chi connectivity index (χ4n) is 16.4. The van der Waals surface area contributed by atoms with Crippen LogP contribution in [0.3, 0.4) is 0 Å². The van der Waals surface area contributed by atoms with E-state index in [4.69, 9.17) is 28.5 Å². The topological polar surface area (TPSA) is 671 Å². The summed E-state index contributed by atoms with van der Waals surface area (Å²) in [6.45, 7) is 9.17. The number of benzene rings is 3. The van der Waals surface area contributed by atoms with E-state index >= 15 is 33.6 Å². The molecular formula is C88H128N24O20S. The highest BCUT2D eigenvalue weighted by Crippen LogP contribution is 2.49. The number of aromatic hydroxyl groups is 1. The molecule has 45 heteroatoms. The lowest BCUT2D eigenvalue weighted by molar-refractivity contribution is -0.149. The van der Waals surface area contributed by atoms with Crippen molar-refractivity contribution in [2.24, 2.45) is 29.0 Å². The number of para-hydroxylation sites is 2. The average Bonchev–Trinajstić information content (AvgIpc) is 1.51. The van der Waals surface area contributed by atoms with Gasteiger partial charge in [-0.05, 0) is 112 Å². The highest BCUT2D eigenvalue weighted by molar-refractivity contribution is 8.00. The summed E-state index contributed by atoms with van der Waals surface area (Å²) in [5, 5.41) is 71.4. The minimum absolute atomic E-state index is 0.0106. The number of hydrogen-bond acceptors (Lipinski definition) is 25. The van der Waals surface area contributed by atoms with Gasteiger partial charge in [-0.1, -0.05) is 102 Å². The summed E-state index contributed by atoms with van der Waals surface area (Å²) >= 11 is 0.781. The summed E-state index contributed by atoms with van der Waals surface area (Å²) < 4.78 is 0. The molecule has 8 rings (SSSR count). The average molecular weight is 1870 g/mol. The number of aliphatic hydroxyl groups is 2. The Hall–Kier alpha value is -12.8. The van der Waals surface area contributed by atoms with E-state index in [-0.39, 0.29) is 69.6 Å². The molecular weight excluding hydrogens is 1750 g/mol. The number of nitrogens with two attached hydrogens (primary N) is 4. The number of unbranched alkanes of at least 4 members (excludes halogenated alkanes) is 2. The van der Waals surface area contributed by atoms with Crippen molar-refractivity contribution in [1.82, 2.24) is 98.4 Å². The highest BCUT2D eigenvalue weighted by atomic mass is 32.2. The number of likely N-dealkylation sites (tertiary alicyclic amines) is 1. The third kappa shape index (κ3) is 28.6. The maximum absolute atomic E-state index is 15.9. The lowest BCUT2D eigenvalue weighted by atomic mass is 9.99. The van der Waals surface area contributed by atoms with E-state index in [1.807, 2.05) is 13.8 Å². The summed E-state index contributed by atoms with van der Waals surface area (Å²) in [5.74, 6) is -9.87. The largest absolute Gasteiger partial charge is 0.508 e. The maximum Gasteiger partial charge on any atom is 0.272 e. The summed E-state index contributed by atoms with van der Waals surface area (Å²) in [7, 11) is 3.94. The van der Waals surface area contributed by atoms with Gasteiger partial charge in [0.15, 0.2) is 12.1 Å². The fraction of sp³-hybridized carbons (Fsp3) is 0.545. The number of aromatic nitrogens is 2. The molecule has 3 saturated heterocycles. The van der Waals surface area contributed by atoms with Crippen molar-refractivity contribution < 1.29 is 96.8 Å². The Balaban J connectivity index is 1.04. The lowest BCUT2D eigenvalue weighted by Crippen LogP contribution is -2.63. The van der Waals surface area contributed by atoms with Crippen LogP contribution in [0.15, 0.2) is 85.2 Å². The molecule has 5 aromatic rings. The number of aromatic amines is 2. The Morgan fingerprint density at radius 2 is 1.22 bits per heavy atom. The first kappa shape index (κ1) is 106. The number of H-pyrrole nitrogens is 2. The molecule has 0 bridgehead atoms. The molecule has 0 saturated carbocycles. The van der Waals surface area contributed by atoms with E-state index in [0.717, 1.165) is 36.3 Å². The highest BCUT2D eigenvalue weighted by Gasteiger charge is 2.74. The van der Waals surface area contributed by atoms with E-state index in [0.29, 0.717) is 89.9 Å². The van der Waals surface area contributed by atoms with Crippen molar-refractivity contribution in [3.05, 3.63) is 102 Å². The number of hydrazine groups is 1. The molecule has 1 spiro atoms. The number of aliphatic hydroxyl groups excluding tert-OH is 2. The van der Waals surface area contributed by atoms with E-state index < -0.39 is 234 Å². The van der Waals surface area contributed by atoms with Crippen molar-refractivity contribution in [1.29, 1.82) is 5.41 Å². The monoisotopic (exact) mass is 1870 g/mol. The number of carbonyl (C=O) groups excluding carboxylic acids is 17. The van der Waals surface area contributed by atoms with Crippen LogP contribution in [0.2, 0.25) is 0 Å². The van der Waals surface area contributed by atoms with Crippen LogP contribution in [0.25, 0.3) is 21.8 Å². The van der Waals surface area contributed by atoms with Gasteiger partial charge in [-0.25, -0.2) is 5.43 Å². The van der Waals surface area contributed by atoms with Crippen LogP contribution >= 0.6 is 11.8 Å². The SMILES string of the molecule is CCCC[C@@H](C(=O)N(C)[C@@H](CCCC)C(=O)N[C@@H](CCCNC(=N)N)C(=O)N[C@@H](CSCC(=O)N[C@@H](Cc1ccc(O)cc1)C(=O)N(C)[C@@H](C)C(=O)N[C@H](C=O)CC(N)=O)C(=O)NCC(N)=O)N(C)C(=O)[C@H](Cc1c[nH]c2ccccc12)NC(=O)[C@@H](NC(=O)[C@H](Cc1c[nH]c2ccccc12)N1C(=O)[C@@]12C[C@@H](O)CN2C(=O)[C@H](CC(C)C)NC(=O)[C@H](NN)NC(=O)[C@@H]1CCCN1)[C@@H](C)O. The molecule has 26 N–H and O–H groups in total. The van der Waals surface area contributed by atoms with E-state index in [1.165, 1.54) is 59.3 Å². The van der Waals surface area contributed by atoms with Gasteiger partial charge in [-0.15, -0.1) is 11.8 Å². The quantitative estimate of drug-likeness (QED) is 0.00257. The van der Waals surface area contributed by atoms with Crippen molar-refractivity contribution in [2.75, 3.05) is 58.8 Å². The van der Waals surface area contributed by atoms with Crippen LogP contribution in [-0.4, -0.2) is 312 Å². The molecule has 3 aliphatic rings. The van der Waals surface area contributed by atoms with Crippen molar-refractivity contribution in [3.8, 4) is 5.75 Å². The second kappa shape index (κ2) is 49.6. The van der Waals surface area contributed by atoms with Gasteiger partial charge in [0.25, 0.3) is 11.8 Å². The fourth-order valence-corrected chi connectivity index (χ4v) is 17.2. The van der Waals surface area contributed by atoms with Crippen LogP contribution in [0, 0.1) is 11.3 Å². The second-order valence-electron chi connectivity index (χ2n) is 34.2. The number of phenolic OH excluding ortho intramolecular Hbond substituents is 1. The van der Waals surface area contributed by atoms with E-state index in [2.05, 4.69) is 73.9 Å². The maximum atomic E-state index is 15.9. The first-order valence-electron chi connectivity index (χ1n) is 44.4. The molecule has 44 nitrogen and oxygen atoms in total. The second-order valence-corrected chi connectivity index (χ2v) is 35.3. The predicted molar refractivity (Wildman–Crippen MR) is 489 cm³/mol. The Labute approximate surface area is 773 Å². The molecule has 16 atom stereocenters. The number of phenols is 1. The summed E-state index contributed by atoms with van der Waals surface area (Å²) in [5.41, 5.74) is 19.2. The molecule has 726 valence electrons. The van der Waals surface area contributed by atoms with Crippen LogP contribution in [0.4, 0.5) is 0 Å². The molecule has 133 heavy (non-hydrogen) atoms. The van der Waals surface area contributed by atoms with Crippen LogP contribution < -0.4 is 87.0 Å². The van der Waals surface area contributed by atoms with Gasteiger partial charge in [-0.3, -0.25) is 92.9 Å². The number of nitrogens with one attached hydrogen (secondary N) is 15. The first-order valence-corrected chi connectivity index (χ1v) is 45.6. The van der Waals surface area contributed by atoms with Gasteiger partial charge < -0.3 is 125 Å². The molecule has 3 aliphatic heterocycles. The molecule has 3 aromatic carbocycles. The number of fused-ring (bicyclic) bond motifs is 2. The number of nitrogens with zero attached hydrogens (tertiary/aromatic N) is 5. The number of aldehydes is 1. The number of primary amides is 2. The number of β-amino-alcohol motifs (C(OH)–C–C–N with tert-alkyl or cyclic N) is 1. The Morgan fingerprint density at radius 1 is 0.632 bits per heavy atom. The van der Waals surface area contributed by atoms with Gasteiger partial charge in [0.1, 0.15) is 72.5 Å². The van der Waals surface area contributed by atoms with Crippen LogP contribution in [0.5, 0.6) is 5.75 Å². The number of guanidine groups is 1. The summed E-state index contributed by atoms with van der Waals surface area (Å²) in [6, 6.07) is 2.67. The minimum Gasteiger partial charge on any atom is -0.508 e. The van der Waals surface area contributed by atoms with Gasteiger partial charge in [0, 0.05) is 99.9 Å². The zero-order chi connectivity index (χ0) is 97.8. The molecule has 2 aromatic heterocycles. The van der Waals surface area contributed by atoms with Gasteiger partial charge >= 0.3 is 0 Å². The number of carbonyl (C=O) groups is 17. The number of amides is 16. The Morgan fingerprint density at radius 3 is 1.80 bits per heavy atom. The molecule has 16 amide bonds. The number of rotatable bonds is 53. The van der Waals surface area contributed by atoms with E-state index in [1.54, 1.807) is 74.8 Å². The van der Waals surface area contributed by atoms with Gasteiger partial charge in [0.05, 0.1) is 43.0 Å². The zero-order valence-corrected chi connectivity index (χ0v) is 77.0. The molecule has 5 heterocycles. The predicted octanol–water partition coefficient (Wildman–Crippen LogP) is -4.09. The first-order chi connectivity index (χ1) is 63.2. The number of thioether (sulfide) groups is 1. The third-order valence-electron chi connectivity index (χ3n) is 23.7. The van der Waals surface area contributed by atoms with Crippen LogP contribution in [-0.2, 0) is 101 Å². The normalized spacial score (nSPS) is 18.0. The molecule has 0 radical (unpaired) electrons. The van der Waals surface area contributed by atoms with Gasteiger partial charge in [-0.2, -0.15) is 0 Å². The lowest BCUT2D eigenvalue weighted by Gasteiger charge is -2.36. The van der Waals surface area contributed by atoms with Crippen LogP contribution in [0.1, 0.15) is 142 Å². The van der Waals surface area contributed by atoms with Crippen molar-refractivity contribution in [2.45, 2.75) is 241 Å². The standard InChI is InChI=1S/C88H128N24O20S/c1-10-12-26-66(78(124)101-61(25-19-33-95-87(91)92)77(123)104-65(75(121)98-42-70(90)118)45-133-46-71(119)100-63(35-50-28-30-54(115)31-29-50)82(128)108(7)48(5)74(120)99-53(44-113)38-69(89)117)109(8)85(131)67(27-13-11-2)110(9)83(129)64(36-51-40-96-58-22-16-14-20-56(51)58)102-80(126)72(49(6)114)105-79(125)68(37-52-41-97-59-23-17-15-21-57(52)59)112-86(132)88(112)39-55(116)43-111(88)84(130)62(34-47(3)4)103-81(127)73(107-93)106-76(122)60-24-18-32-94-60/h14-17,20-23,28-31,40-41,44,47-49,53,55,60-68,72-73,94,96-97,107,114-116H,10-13,18-19,24-27,32-39,42-43,45-46,93H2,1-9H3,(H2,89,117)(H2,90,118)(H,98,121)(H,99,120)(H,100,119)(H,101,124)(H,102,126)(H,103,127)(H,104,123)(H,105,125)(H,106,122)(H4,91,92,95)/t48-,49+,53-,55+,60-,61-,62-,63-,64-,65-,66-,67-,68-,72-,73-,88+,112?/m0/s1. The van der Waals surface area contributed by atoms with Gasteiger partial charge in [0.2, 0.25) is 88.4 Å². The third-order valence-corrected chi connectivity index (χ3v) is 24.8. The molecule has 0 unspecified atom stereocenters. The zero-order valence-electron chi connectivity index (χ0n) is 76.2. The van der Waals surface area contributed by atoms with Crippen molar-refractivity contribution in [3.63, 3.8) is 0 Å². The summed E-state index contributed by atoms with van der Waals surface area (Å²) in [6.07, 6.45) is -0.224. The Bertz CT molecular complexity index is 4990. The summed E-state index contributed by atoms with van der Waals surface area (Å²) in [4.78, 5) is 253. The molecule has 3 fully saturated rings.